The molecule has 0 amide bonds. The van der Waals surface area contributed by atoms with Gasteiger partial charge in [0.1, 0.15) is 5.75 Å². The second kappa shape index (κ2) is 4.32. The van der Waals surface area contributed by atoms with Crippen LogP contribution in [0.25, 0.3) is 11.3 Å². The van der Waals surface area contributed by atoms with Crippen LogP contribution in [0.2, 0.25) is 0 Å². The molecule has 0 saturated heterocycles. The Hall–Kier alpha value is -2.24. The van der Waals surface area contributed by atoms with E-state index in [1.165, 1.54) is 32.4 Å². The molecule has 0 bridgehead atoms. The highest BCUT2D eigenvalue weighted by atomic mass is 19.1. The first-order valence-electron chi connectivity index (χ1n) is 4.79. The zero-order valence-electron chi connectivity index (χ0n) is 9.36. The van der Waals surface area contributed by atoms with Gasteiger partial charge in [0.15, 0.2) is 23.1 Å². The second-order valence-corrected chi connectivity index (χ2v) is 3.30. The average Bonchev–Trinajstić information content (AvgIpc) is 2.75. The quantitative estimate of drug-likeness (QED) is 0.886. The number of anilines is 1. The van der Waals surface area contributed by atoms with E-state index in [0.717, 1.165) is 0 Å². The van der Waals surface area contributed by atoms with Gasteiger partial charge in [-0.2, -0.15) is 0 Å². The number of rotatable bonds is 3. The van der Waals surface area contributed by atoms with E-state index in [1.807, 2.05) is 0 Å². The highest BCUT2D eigenvalue weighted by Gasteiger charge is 2.16. The zero-order chi connectivity index (χ0) is 12.4. The first kappa shape index (κ1) is 11.3. The Bertz CT molecular complexity index is 540. The number of ether oxygens (including phenoxy) is 2. The van der Waals surface area contributed by atoms with Crippen LogP contribution in [-0.2, 0) is 0 Å². The molecule has 2 rings (SSSR count). The van der Waals surface area contributed by atoms with Gasteiger partial charge in [-0.15, -0.1) is 0 Å². The Morgan fingerprint density at radius 1 is 1.18 bits per heavy atom. The van der Waals surface area contributed by atoms with Crippen molar-refractivity contribution >= 4 is 5.82 Å². The summed E-state index contributed by atoms with van der Waals surface area (Å²) >= 11 is 0. The number of nitrogens with zero attached hydrogens (tertiary/aromatic N) is 1. The van der Waals surface area contributed by atoms with Gasteiger partial charge in [-0.3, -0.25) is 0 Å². The predicted octanol–water partition coefficient (Wildman–Crippen LogP) is 2.08. The third kappa shape index (κ3) is 2.01. The highest BCUT2D eigenvalue weighted by molar-refractivity contribution is 5.69. The number of nitrogens with two attached hydrogens (primary N) is 1. The summed E-state index contributed by atoms with van der Waals surface area (Å²) < 4.78 is 28.4. The molecule has 0 saturated carbocycles. The molecule has 1 aromatic heterocycles. The molecule has 5 nitrogen and oxygen atoms in total. The monoisotopic (exact) mass is 238 g/mol. The van der Waals surface area contributed by atoms with E-state index in [1.54, 1.807) is 0 Å². The molecule has 0 atom stereocenters. The smallest absolute Gasteiger partial charge is 0.172 e. The molecular formula is C11H11FN2O3. The van der Waals surface area contributed by atoms with Crippen LogP contribution in [0.3, 0.4) is 0 Å². The minimum absolute atomic E-state index is 0.0933. The molecule has 2 N–H and O–H groups in total. The van der Waals surface area contributed by atoms with Crippen LogP contribution in [0.1, 0.15) is 0 Å². The Kier molecular flexibility index (Phi) is 2.86. The maximum Gasteiger partial charge on any atom is 0.172 e. The van der Waals surface area contributed by atoms with Gasteiger partial charge in [0.25, 0.3) is 0 Å². The van der Waals surface area contributed by atoms with E-state index in [-0.39, 0.29) is 11.6 Å². The van der Waals surface area contributed by atoms with Crippen LogP contribution in [0.15, 0.2) is 22.7 Å². The van der Waals surface area contributed by atoms with Crippen LogP contribution >= 0.6 is 0 Å². The minimum atomic E-state index is -0.513. The maximum absolute atomic E-state index is 13.5. The third-order valence-corrected chi connectivity index (χ3v) is 2.27. The van der Waals surface area contributed by atoms with Crippen LogP contribution in [0, 0.1) is 5.82 Å². The van der Waals surface area contributed by atoms with E-state index >= 15 is 0 Å². The second-order valence-electron chi connectivity index (χ2n) is 3.30. The van der Waals surface area contributed by atoms with Gasteiger partial charge in [-0.1, -0.05) is 5.16 Å². The summed E-state index contributed by atoms with van der Waals surface area (Å²) in [6.07, 6.45) is 0. The fourth-order valence-corrected chi connectivity index (χ4v) is 1.47. The highest BCUT2D eigenvalue weighted by Crippen LogP contribution is 2.35. The summed E-state index contributed by atoms with van der Waals surface area (Å²) in [7, 11) is 2.81. The number of halogens is 1. The summed E-state index contributed by atoms with van der Waals surface area (Å²) in [5.74, 6) is 0.527. The molecule has 0 aliphatic rings. The largest absolute Gasteiger partial charge is 0.496 e. The number of aromatic nitrogens is 1. The van der Waals surface area contributed by atoms with Gasteiger partial charge in [-0.05, 0) is 6.07 Å². The summed E-state index contributed by atoms with van der Waals surface area (Å²) in [5.41, 5.74) is 5.98. The Morgan fingerprint density at radius 2 is 1.88 bits per heavy atom. The molecule has 1 aromatic carbocycles. The molecule has 1 heterocycles. The molecule has 6 heteroatoms. The van der Waals surface area contributed by atoms with E-state index in [2.05, 4.69) is 5.16 Å². The van der Waals surface area contributed by atoms with Crippen LogP contribution in [0.5, 0.6) is 11.5 Å². The van der Waals surface area contributed by atoms with Crippen molar-refractivity contribution in [3.05, 3.63) is 24.0 Å². The first-order chi connectivity index (χ1) is 8.15. The van der Waals surface area contributed by atoms with E-state index < -0.39 is 5.82 Å². The molecule has 2 aromatic rings. The van der Waals surface area contributed by atoms with Crippen molar-refractivity contribution in [2.75, 3.05) is 20.0 Å². The van der Waals surface area contributed by atoms with E-state index in [0.29, 0.717) is 17.1 Å². The zero-order valence-corrected chi connectivity index (χ0v) is 9.36. The van der Waals surface area contributed by atoms with E-state index in [9.17, 15) is 4.39 Å². The van der Waals surface area contributed by atoms with Crippen molar-refractivity contribution in [1.29, 1.82) is 0 Å². The first-order valence-corrected chi connectivity index (χ1v) is 4.79. The van der Waals surface area contributed by atoms with Gasteiger partial charge >= 0.3 is 0 Å². The number of methoxy groups -OCH3 is 2. The molecule has 0 fully saturated rings. The average molecular weight is 238 g/mol. The van der Waals surface area contributed by atoms with Crippen LogP contribution < -0.4 is 15.2 Å². The van der Waals surface area contributed by atoms with Crippen molar-refractivity contribution in [3.8, 4) is 22.8 Å². The predicted molar refractivity (Wildman–Crippen MR) is 59.4 cm³/mol. The lowest BCUT2D eigenvalue weighted by atomic mass is 10.1. The molecule has 0 radical (unpaired) electrons. The van der Waals surface area contributed by atoms with Crippen LogP contribution in [0.4, 0.5) is 10.2 Å². The van der Waals surface area contributed by atoms with Crippen molar-refractivity contribution in [3.63, 3.8) is 0 Å². The van der Waals surface area contributed by atoms with Gasteiger partial charge in [-0.25, -0.2) is 4.39 Å². The lowest BCUT2D eigenvalue weighted by Gasteiger charge is -2.08. The van der Waals surface area contributed by atoms with E-state index in [4.69, 9.17) is 19.7 Å². The molecule has 0 aliphatic carbocycles. The van der Waals surface area contributed by atoms with Crippen LogP contribution in [-0.4, -0.2) is 19.4 Å². The number of hydrogen-bond donors (Lipinski definition) is 1. The third-order valence-electron chi connectivity index (χ3n) is 2.27. The lowest BCUT2D eigenvalue weighted by molar-refractivity contribution is 0.375. The molecule has 17 heavy (non-hydrogen) atoms. The number of nitrogen functional groups attached to an aromatic ring is 1. The normalized spacial score (nSPS) is 10.3. The minimum Gasteiger partial charge on any atom is -0.496 e. The van der Waals surface area contributed by atoms with Crippen molar-refractivity contribution in [1.82, 2.24) is 5.16 Å². The standard InChI is InChI=1S/C11H11FN2O3/c1-15-8-4-7(12)10(16-2)3-6(8)9-5-11(13)14-17-9/h3-5H,1-2H3,(H2,13,14). The Labute approximate surface area is 96.9 Å². The molecule has 0 aliphatic heterocycles. The molecule has 90 valence electrons. The summed E-state index contributed by atoms with van der Waals surface area (Å²) in [6, 6.07) is 4.20. The number of hydrogen-bond acceptors (Lipinski definition) is 5. The van der Waals surface area contributed by atoms with Crippen molar-refractivity contribution < 1.29 is 18.4 Å². The van der Waals surface area contributed by atoms with Gasteiger partial charge in [0.2, 0.25) is 0 Å². The van der Waals surface area contributed by atoms with Crippen molar-refractivity contribution in [2.24, 2.45) is 0 Å². The molecule has 0 spiro atoms. The van der Waals surface area contributed by atoms with Crippen molar-refractivity contribution in [2.45, 2.75) is 0 Å². The molecule has 0 unspecified atom stereocenters. The maximum atomic E-state index is 13.5. The topological polar surface area (TPSA) is 70.5 Å². The summed E-state index contributed by atoms with van der Waals surface area (Å²) in [6.45, 7) is 0. The summed E-state index contributed by atoms with van der Waals surface area (Å²) in [4.78, 5) is 0. The van der Waals surface area contributed by atoms with Gasteiger partial charge < -0.3 is 19.7 Å². The Morgan fingerprint density at radius 3 is 2.41 bits per heavy atom. The van der Waals surface area contributed by atoms with Gasteiger partial charge in [0.05, 0.1) is 19.8 Å². The number of benzene rings is 1. The fraction of sp³-hybridized carbons (Fsp3) is 0.182. The fourth-order valence-electron chi connectivity index (χ4n) is 1.47. The summed E-state index contributed by atoms with van der Waals surface area (Å²) in [5, 5.41) is 3.56. The lowest BCUT2D eigenvalue weighted by Crippen LogP contribution is -1.93. The molecular weight excluding hydrogens is 227 g/mol. The van der Waals surface area contributed by atoms with Gasteiger partial charge in [0, 0.05) is 12.1 Å². The Balaban J connectivity index is 2.58. The SMILES string of the molecule is COc1cc(-c2cc(N)no2)c(OC)cc1F.